The smallest absolute Gasteiger partial charge is 0.339 e. The summed E-state index contributed by atoms with van der Waals surface area (Å²) in [6, 6.07) is 8.90. The molecule has 0 unspecified atom stereocenters. The van der Waals surface area contributed by atoms with Gasteiger partial charge in [0.15, 0.2) is 0 Å². The molecule has 1 amide bonds. The molecule has 5 nitrogen and oxygen atoms in total. The van der Waals surface area contributed by atoms with Crippen LogP contribution in [0.3, 0.4) is 0 Å². The second-order valence-corrected chi connectivity index (χ2v) is 9.49. The van der Waals surface area contributed by atoms with Crippen LogP contribution in [-0.2, 0) is 21.5 Å². The summed E-state index contributed by atoms with van der Waals surface area (Å²) in [5, 5.41) is 0.396. The van der Waals surface area contributed by atoms with Gasteiger partial charge in [-0.3, -0.25) is 4.79 Å². The van der Waals surface area contributed by atoms with Crippen molar-refractivity contribution in [2.45, 2.75) is 39.1 Å². The number of amides is 1. The molecule has 0 aromatic heterocycles. The van der Waals surface area contributed by atoms with E-state index in [2.05, 4.69) is 0 Å². The van der Waals surface area contributed by atoms with E-state index < -0.39 is 15.9 Å². The molecule has 0 atom stereocenters. The molecule has 2 aromatic rings. The van der Waals surface area contributed by atoms with E-state index in [0.29, 0.717) is 17.1 Å². The number of hydrogen-bond donors (Lipinski definition) is 0. The van der Waals surface area contributed by atoms with Gasteiger partial charge in [0.2, 0.25) is 5.91 Å². The van der Waals surface area contributed by atoms with Gasteiger partial charge in [0.1, 0.15) is 16.5 Å². The van der Waals surface area contributed by atoms with Crippen LogP contribution >= 0.6 is 11.6 Å². The van der Waals surface area contributed by atoms with Crippen LogP contribution in [0.2, 0.25) is 5.02 Å². The third-order valence-corrected chi connectivity index (χ3v) is 5.56. The second-order valence-electron chi connectivity index (χ2n) is 7.51. The van der Waals surface area contributed by atoms with E-state index in [1.54, 1.807) is 11.0 Å². The number of carbonyl (C=O) groups excluding carboxylic acids is 1. The van der Waals surface area contributed by atoms with Crippen LogP contribution in [0, 0.1) is 17.7 Å². The first-order valence-corrected chi connectivity index (χ1v) is 11.1. The molecule has 0 radical (unpaired) electrons. The van der Waals surface area contributed by atoms with Gasteiger partial charge in [-0.2, -0.15) is 8.42 Å². The van der Waals surface area contributed by atoms with Gasteiger partial charge in [0, 0.05) is 29.6 Å². The average molecular weight is 442 g/mol. The topological polar surface area (TPSA) is 63.7 Å². The summed E-state index contributed by atoms with van der Waals surface area (Å²) in [5.41, 5.74) is 0.470. The minimum absolute atomic E-state index is 0.0500. The largest absolute Gasteiger partial charge is 0.379 e. The summed E-state index contributed by atoms with van der Waals surface area (Å²) >= 11 is 6.10. The first kappa shape index (κ1) is 23.2. The van der Waals surface area contributed by atoms with Gasteiger partial charge in [0.05, 0.1) is 0 Å². The van der Waals surface area contributed by atoms with Crippen LogP contribution in [0.4, 0.5) is 4.39 Å². The first-order chi connectivity index (χ1) is 13.5. The molecule has 0 aliphatic rings. The van der Waals surface area contributed by atoms with Crippen molar-refractivity contribution in [1.29, 1.82) is 0 Å². The third-order valence-electron chi connectivity index (χ3n) is 4.08. The molecular weight excluding hydrogens is 417 g/mol. The first-order valence-electron chi connectivity index (χ1n) is 9.27. The number of nitrogens with zero attached hydrogens (tertiary/aromatic N) is 1. The van der Waals surface area contributed by atoms with E-state index in [0.717, 1.165) is 24.3 Å². The maximum Gasteiger partial charge on any atom is 0.339 e. The van der Waals surface area contributed by atoms with Gasteiger partial charge >= 0.3 is 10.1 Å². The van der Waals surface area contributed by atoms with Crippen LogP contribution in [0.25, 0.3) is 0 Å². The second kappa shape index (κ2) is 9.59. The van der Waals surface area contributed by atoms with Crippen molar-refractivity contribution in [3.05, 3.63) is 58.9 Å². The van der Waals surface area contributed by atoms with Crippen LogP contribution in [0.1, 0.15) is 33.3 Å². The van der Waals surface area contributed by atoms with Gasteiger partial charge in [-0.1, -0.05) is 39.3 Å². The fourth-order valence-electron chi connectivity index (χ4n) is 2.76. The predicted octanol–water partition coefficient (Wildman–Crippen LogP) is 4.89. The molecule has 8 heteroatoms. The van der Waals surface area contributed by atoms with Crippen molar-refractivity contribution in [2.24, 2.45) is 11.8 Å². The van der Waals surface area contributed by atoms with Gasteiger partial charge in [0.25, 0.3) is 0 Å². The molecule has 2 rings (SSSR count). The molecule has 2 aromatic carbocycles. The molecule has 0 bridgehead atoms. The Morgan fingerprint density at radius 2 is 1.72 bits per heavy atom. The summed E-state index contributed by atoms with van der Waals surface area (Å²) in [5.74, 6) is -0.507. The van der Waals surface area contributed by atoms with Crippen molar-refractivity contribution in [3.63, 3.8) is 0 Å². The Labute approximate surface area is 176 Å². The normalized spacial score (nSPS) is 11.7. The van der Waals surface area contributed by atoms with E-state index in [1.165, 1.54) is 12.1 Å². The summed E-state index contributed by atoms with van der Waals surface area (Å²) in [7, 11) is -4.17. The van der Waals surface area contributed by atoms with Gasteiger partial charge in [-0.15, -0.1) is 0 Å². The molecule has 0 aliphatic carbocycles. The van der Waals surface area contributed by atoms with Crippen molar-refractivity contribution >= 4 is 27.6 Å². The maximum atomic E-state index is 13.1. The lowest BCUT2D eigenvalue weighted by Crippen LogP contribution is -2.36. The number of benzene rings is 2. The lowest BCUT2D eigenvalue weighted by Gasteiger charge is -2.27. The molecule has 158 valence electrons. The molecule has 0 saturated carbocycles. The molecule has 29 heavy (non-hydrogen) atoms. The fourth-order valence-corrected chi connectivity index (χ4v) is 3.92. The Morgan fingerprint density at radius 1 is 1.10 bits per heavy atom. The summed E-state index contributed by atoms with van der Waals surface area (Å²) in [6.07, 6.45) is 0. The highest BCUT2D eigenvalue weighted by Crippen LogP contribution is 2.28. The zero-order chi connectivity index (χ0) is 21.8. The lowest BCUT2D eigenvalue weighted by molar-refractivity contribution is -0.135. The Morgan fingerprint density at radius 3 is 2.28 bits per heavy atom. The quantitative estimate of drug-likeness (QED) is 0.547. The minimum atomic E-state index is -4.17. The fraction of sp³-hybridized carbons (Fsp3) is 0.381. The van der Waals surface area contributed by atoms with Crippen LogP contribution in [0.15, 0.2) is 47.4 Å². The summed E-state index contributed by atoms with van der Waals surface area (Å²) < 4.78 is 43.6. The van der Waals surface area contributed by atoms with Crippen LogP contribution in [-0.4, -0.2) is 25.8 Å². The molecule has 0 N–H and O–H groups in total. The van der Waals surface area contributed by atoms with E-state index in [1.807, 2.05) is 27.7 Å². The standard InChI is InChI=1S/C21H25ClFNO4S/c1-14(2)12-24(21(25)15(3)4)13-16-11-17(22)5-10-20(16)28-29(26,27)19-8-6-18(23)7-9-19/h5-11,14-15H,12-13H2,1-4H3. The average Bonchev–Trinajstić information content (AvgIpc) is 2.62. The highest BCUT2D eigenvalue weighted by atomic mass is 35.5. The van der Waals surface area contributed by atoms with Crippen molar-refractivity contribution in [1.82, 2.24) is 4.90 Å². The van der Waals surface area contributed by atoms with Crippen molar-refractivity contribution < 1.29 is 21.8 Å². The van der Waals surface area contributed by atoms with Gasteiger partial charge < -0.3 is 9.08 Å². The zero-order valence-electron chi connectivity index (χ0n) is 16.9. The zero-order valence-corrected chi connectivity index (χ0v) is 18.4. The van der Waals surface area contributed by atoms with E-state index >= 15 is 0 Å². The van der Waals surface area contributed by atoms with Gasteiger partial charge in [-0.25, -0.2) is 4.39 Å². The molecular formula is C21H25ClFNO4S. The molecule has 0 heterocycles. The molecule has 0 saturated heterocycles. The Hall–Kier alpha value is -2.12. The summed E-state index contributed by atoms with van der Waals surface area (Å²) in [4.78, 5) is 14.1. The molecule has 0 fully saturated rings. The van der Waals surface area contributed by atoms with Gasteiger partial charge in [-0.05, 0) is 48.4 Å². The predicted molar refractivity (Wildman–Crippen MR) is 111 cm³/mol. The number of rotatable bonds is 8. The highest BCUT2D eigenvalue weighted by molar-refractivity contribution is 7.87. The van der Waals surface area contributed by atoms with Crippen molar-refractivity contribution in [2.75, 3.05) is 6.54 Å². The molecule has 0 aliphatic heterocycles. The number of halogens is 2. The van der Waals surface area contributed by atoms with Crippen LogP contribution in [0.5, 0.6) is 5.75 Å². The number of hydrogen-bond acceptors (Lipinski definition) is 4. The third kappa shape index (κ3) is 6.44. The lowest BCUT2D eigenvalue weighted by atomic mass is 10.1. The van der Waals surface area contributed by atoms with E-state index in [9.17, 15) is 17.6 Å². The monoisotopic (exact) mass is 441 g/mol. The number of carbonyl (C=O) groups is 1. The van der Waals surface area contributed by atoms with E-state index in [-0.39, 0.29) is 34.9 Å². The van der Waals surface area contributed by atoms with E-state index in [4.69, 9.17) is 15.8 Å². The Bertz CT molecular complexity index is 959. The Balaban J connectivity index is 2.37. The van der Waals surface area contributed by atoms with Crippen molar-refractivity contribution in [3.8, 4) is 5.75 Å². The minimum Gasteiger partial charge on any atom is -0.379 e. The SMILES string of the molecule is CC(C)CN(Cc1cc(Cl)ccc1OS(=O)(=O)c1ccc(F)cc1)C(=O)C(C)C. The highest BCUT2D eigenvalue weighted by Gasteiger charge is 2.23. The molecule has 0 spiro atoms. The maximum absolute atomic E-state index is 13.1. The summed E-state index contributed by atoms with van der Waals surface area (Å²) in [6.45, 7) is 8.27. The van der Waals surface area contributed by atoms with Crippen LogP contribution < -0.4 is 4.18 Å². The Kier molecular flexibility index (Phi) is 7.66.